The number of rotatable bonds is 7. The summed E-state index contributed by atoms with van der Waals surface area (Å²) < 4.78 is 10.5. The molecule has 1 atom stereocenters. The monoisotopic (exact) mass is 324 g/mol. The summed E-state index contributed by atoms with van der Waals surface area (Å²) in [6.07, 6.45) is 4.10. The quantitative estimate of drug-likeness (QED) is 0.551. The van der Waals surface area contributed by atoms with Gasteiger partial charge in [0.15, 0.2) is 0 Å². The Labute approximate surface area is 143 Å². The van der Waals surface area contributed by atoms with E-state index < -0.39 is 0 Å². The summed E-state index contributed by atoms with van der Waals surface area (Å²) in [5.41, 5.74) is 3.35. The SMILES string of the molecule is CCOC(=O)C=Cc1cccc(OC)c1CC(C)c1ccccc1. The molecule has 0 heterocycles. The Kier molecular flexibility index (Phi) is 6.62. The van der Waals surface area contributed by atoms with Crippen molar-refractivity contribution < 1.29 is 14.3 Å². The van der Waals surface area contributed by atoms with E-state index in [-0.39, 0.29) is 5.97 Å². The number of ether oxygens (including phenoxy) is 2. The molecule has 2 rings (SSSR count). The van der Waals surface area contributed by atoms with Crippen molar-refractivity contribution in [2.75, 3.05) is 13.7 Å². The third-order valence-electron chi connectivity index (χ3n) is 3.95. The van der Waals surface area contributed by atoms with Crippen LogP contribution in [0.1, 0.15) is 36.5 Å². The van der Waals surface area contributed by atoms with Crippen molar-refractivity contribution in [1.82, 2.24) is 0 Å². The molecule has 0 N–H and O–H groups in total. The summed E-state index contributed by atoms with van der Waals surface area (Å²) in [5, 5.41) is 0. The smallest absolute Gasteiger partial charge is 0.330 e. The van der Waals surface area contributed by atoms with Crippen LogP contribution in [0, 0.1) is 0 Å². The van der Waals surface area contributed by atoms with Gasteiger partial charge in [-0.3, -0.25) is 0 Å². The van der Waals surface area contributed by atoms with Gasteiger partial charge in [-0.25, -0.2) is 4.79 Å². The van der Waals surface area contributed by atoms with Gasteiger partial charge >= 0.3 is 5.97 Å². The maximum absolute atomic E-state index is 11.6. The zero-order valence-corrected chi connectivity index (χ0v) is 14.5. The van der Waals surface area contributed by atoms with Crippen molar-refractivity contribution in [3.63, 3.8) is 0 Å². The molecule has 3 nitrogen and oxygen atoms in total. The fourth-order valence-electron chi connectivity index (χ4n) is 2.70. The number of benzene rings is 2. The van der Waals surface area contributed by atoms with Gasteiger partial charge in [0.25, 0.3) is 0 Å². The molecule has 3 heteroatoms. The number of methoxy groups -OCH3 is 1. The number of hydrogen-bond donors (Lipinski definition) is 0. The predicted molar refractivity (Wildman–Crippen MR) is 97.2 cm³/mol. The minimum absolute atomic E-state index is 0.331. The van der Waals surface area contributed by atoms with E-state index in [4.69, 9.17) is 9.47 Å². The fraction of sp³-hybridized carbons (Fsp3) is 0.286. The number of carbonyl (C=O) groups excluding carboxylic acids is 1. The highest BCUT2D eigenvalue weighted by atomic mass is 16.5. The molecule has 0 bridgehead atoms. The van der Waals surface area contributed by atoms with Crippen LogP contribution in [0.3, 0.4) is 0 Å². The van der Waals surface area contributed by atoms with Crippen molar-refractivity contribution in [2.45, 2.75) is 26.2 Å². The van der Waals surface area contributed by atoms with Gasteiger partial charge in [0.1, 0.15) is 5.75 Å². The molecule has 0 spiro atoms. The molecule has 0 amide bonds. The minimum Gasteiger partial charge on any atom is -0.496 e. The number of hydrogen-bond acceptors (Lipinski definition) is 3. The molecule has 0 aliphatic rings. The molecule has 0 aliphatic heterocycles. The normalized spacial score (nSPS) is 12.1. The van der Waals surface area contributed by atoms with Crippen LogP contribution >= 0.6 is 0 Å². The highest BCUT2D eigenvalue weighted by Crippen LogP contribution is 2.29. The third kappa shape index (κ3) is 4.72. The molecule has 2 aromatic rings. The largest absolute Gasteiger partial charge is 0.496 e. The van der Waals surface area contributed by atoms with Gasteiger partial charge < -0.3 is 9.47 Å². The second-order valence-electron chi connectivity index (χ2n) is 5.63. The molecule has 0 aromatic heterocycles. The van der Waals surface area contributed by atoms with Crippen molar-refractivity contribution in [3.05, 3.63) is 71.3 Å². The lowest BCUT2D eigenvalue weighted by molar-refractivity contribution is -0.137. The molecule has 0 fully saturated rings. The molecule has 1 unspecified atom stereocenters. The van der Waals surface area contributed by atoms with Crippen molar-refractivity contribution in [2.24, 2.45) is 0 Å². The highest BCUT2D eigenvalue weighted by Gasteiger charge is 2.13. The van der Waals surface area contributed by atoms with Crippen LogP contribution in [-0.4, -0.2) is 19.7 Å². The van der Waals surface area contributed by atoms with Gasteiger partial charge in [0.05, 0.1) is 13.7 Å². The van der Waals surface area contributed by atoms with Gasteiger partial charge in [-0.1, -0.05) is 49.4 Å². The van der Waals surface area contributed by atoms with Crippen LogP contribution in [0.4, 0.5) is 0 Å². The van der Waals surface area contributed by atoms with Crippen molar-refractivity contribution in [3.8, 4) is 5.75 Å². The van der Waals surface area contributed by atoms with Crippen LogP contribution < -0.4 is 4.74 Å². The van der Waals surface area contributed by atoms with E-state index in [1.807, 2.05) is 24.3 Å². The van der Waals surface area contributed by atoms with Crippen LogP contribution in [0.5, 0.6) is 5.75 Å². The summed E-state index contributed by atoms with van der Waals surface area (Å²) >= 11 is 0. The minimum atomic E-state index is -0.331. The zero-order valence-electron chi connectivity index (χ0n) is 14.5. The van der Waals surface area contributed by atoms with Gasteiger partial charge in [0.2, 0.25) is 0 Å². The molecular weight excluding hydrogens is 300 g/mol. The van der Waals surface area contributed by atoms with E-state index in [0.29, 0.717) is 12.5 Å². The lowest BCUT2D eigenvalue weighted by atomic mass is 9.90. The van der Waals surface area contributed by atoms with Gasteiger partial charge in [-0.2, -0.15) is 0 Å². The third-order valence-corrected chi connectivity index (χ3v) is 3.95. The summed E-state index contributed by atoms with van der Waals surface area (Å²) in [6, 6.07) is 16.3. The van der Waals surface area contributed by atoms with E-state index in [0.717, 1.165) is 23.3 Å². The first-order chi connectivity index (χ1) is 11.7. The maximum Gasteiger partial charge on any atom is 0.330 e. The second-order valence-corrected chi connectivity index (χ2v) is 5.63. The van der Waals surface area contributed by atoms with Crippen molar-refractivity contribution in [1.29, 1.82) is 0 Å². The summed E-state index contributed by atoms with van der Waals surface area (Å²) in [6.45, 7) is 4.37. The van der Waals surface area contributed by atoms with E-state index in [1.165, 1.54) is 11.6 Å². The van der Waals surface area contributed by atoms with Gasteiger partial charge in [-0.15, -0.1) is 0 Å². The number of carbonyl (C=O) groups is 1. The molecule has 0 radical (unpaired) electrons. The summed E-state index contributed by atoms with van der Waals surface area (Å²) in [4.78, 5) is 11.6. The van der Waals surface area contributed by atoms with Crippen LogP contribution in [-0.2, 0) is 16.0 Å². The Balaban J connectivity index is 2.28. The van der Waals surface area contributed by atoms with Crippen LogP contribution in [0.15, 0.2) is 54.6 Å². The Morgan fingerprint density at radius 2 is 1.88 bits per heavy atom. The van der Waals surface area contributed by atoms with E-state index >= 15 is 0 Å². The molecule has 0 saturated carbocycles. The van der Waals surface area contributed by atoms with Crippen molar-refractivity contribution >= 4 is 12.0 Å². The summed E-state index contributed by atoms with van der Waals surface area (Å²) in [7, 11) is 1.67. The zero-order chi connectivity index (χ0) is 17.4. The first kappa shape index (κ1) is 17.8. The highest BCUT2D eigenvalue weighted by molar-refractivity contribution is 5.87. The molecule has 2 aromatic carbocycles. The second kappa shape index (κ2) is 8.92. The van der Waals surface area contributed by atoms with Gasteiger partial charge in [-0.05, 0) is 42.5 Å². The molecule has 126 valence electrons. The van der Waals surface area contributed by atoms with E-state index in [2.05, 4.69) is 31.2 Å². The molecular formula is C21H24O3. The van der Waals surface area contributed by atoms with E-state index in [1.54, 1.807) is 20.1 Å². The first-order valence-electron chi connectivity index (χ1n) is 8.21. The Morgan fingerprint density at radius 3 is 2.54 bits per heavy atom. The Morgan fingerprint density at radius 1 is 1.12 bits per heavy atom. The van der Waals surface area contributed by atoms with Crippen LogP contribution in [0.25, 0.3) is 6.08 Å². The summed E-state index contributed by atoms with van der Waals surface area (Å²) in [5.74, 6) is 0.850. The average Bonchev–Trinajstić information content (AvgIpc) is 2.61. The topological polar surface area (TPSA) is 35.5 Å². The molecule has 0 saturated heterocycles. The number of esters is 1. The molecule has 24 heavy (non-hydrogen) atoms. The standard InChI is InChI=1S/C21H24O3/c1-4-24-21(22)14-13-18-11-8-12-20(23-3)19(18)15-16(2)17-9-6-5-7-10-17/h5-14,16H,4,15H2,1-3H3. The van der Waals surface area contributed by atoms with Gasteiger partial charge in [0, 0.05) is 11.6 Å². The van der Waals surface area contributed by atoms with E-state index in [9.17, 15) is 4.79 Å². The lowest BCUT2D eigenvalue weighted by Gasteiger charge is -2.17. The van der Waals surface area contributed by atoms with Crippen LogP contribution in [0.2, 0.25) is 0 Å². The average molecular weight is 324 g/mol. The maximum atomic E-state index is 11.6. The molecule has 0 aliphatic carbocycles. The first-order valence-corrected chi connectivity index (χ1v) is 8.21. The predicted octanol–water partition coefficient (Wildman–Crippen LogP) is 4.62. The fourth-order valence-corrected chi connectivity index (χ4v) is 2.70. The Bertz CT molecular complexity index is 689. The lowest BCUT2D eigenvalue weighted by Crippen LogP contribution is -2.03. The Hall–Kier alpha value is -2.55.